The van der Waals surface area contributed by atoms with Gasteiger partial charge < -0.3 is 4.74 Å². The normalized spacial score (nSPS) is 15.6. The Hall–Kier alpha value is -4.04. The molecular formula is C28H26N4O3S. The first-order valence-electron chi connectivity index (χ1n) is 11.8. The molecule has 2 aromatic carbocycles. The molecule has 36 heavy (non-hydrogen) atoms. The number of benzene rings is 2. The third kappa shape index (κ3) is 4.03. The lowest BCUT2D eigenvalue weighted by molar-refractivity contribution is -0.139. The molecule has 8 heteroatoms. The van der Waals surface area contributed by atoms with Gasteiger partial charge in [-0.25, -0.2) is 14.5 Å². The van der Waals surface area contributed by atoms with Gasteiger partial charge in [-0.15, -0.1) is 0 Å². The predicted molar refractivity (Wildman–Crippen MR) is 140 cm³/mol. The Morgan fingerprint density at radius 3 is 2.39 bits per heavy atom. The molecule has 2 aromatic heterocycles. The highest BCUT2D eigenvalue weighted by Gasteiger charge is 2.33. The van der Waals surface area contributed by atoms with E-state index in [4.69, 9.17) is 9.84 Å². The van der Waals surface area contributed by atoms with Crippen LogP contribution < -0.4 is 14.9 Å². The molecule has 1 aliphatic heterocycles. The SMILES string of the molecule is CCOC(=O)C1=C(C)N=c2s/c(=C/c3c(C)nn(-c4ccccc4)c3C)c(=O)n2[C@@H]1c1ccccc1. The number of carbonyl (C=O) groups excluding carboxylic acids is 1. The number of para-hydroxylation sites is 1. The van der Waals surface area contributed by atoms with Gasteiger partial charge in [0.25, 0.3) is 5.56 Å². The highest BCUT2D eigenvalue weighted by atomic mass is 32.1. The van der Waals surface area contributed by atoms with E-state index in [2.05, 4.69) is 4.99 Å². The van der Waals surface area contributed by atoms with Gasteiger partial charge in [-0.2, -0.15) is 5.10 Å². The van der Waals surface area contributed by atoms with Crippen molar-refractivity contribution in [3.05, 3.63) is 114 Å². The van der Waals surface area contributed by atoms with E-state index >= 15 is 0 Å². The van der Waals surface area contributed by atoms with Crippen molar-refractivity contribution in [3.63, 3.8) is 0 Å². The second-order valence-electron chi connectivity index (χ2n) is 8.54. The maximum atomic E-state index is 13.8. The highest BCUT2D eigenvalue weighted by Crippen LogP contribution is 2.30. The summed E-state index contributed by atoms with van der Waals surface area (Å²) >= 11 is 1.31. The van der Waals surface area contributed by atoms with Crippen LogP contribution in [0.1, 0.15) is 42.4 Å². The quantitative estimate of drug-likeness (QED) is 0.394. The molecule has 1 atom stereocenters. The van der Waals surface area contributed by atoms with Gasteiger partial charge in [0.1, 0.15) is 0 Å². The van der Waals surface area contributed by atoms with Crippen LogP contribution >= 0.6 is 11.3 Å². The minimum absolute atomic E-state index is 0.201. The van der Waals surface area contributed by atoms with E-state index in [1.807, 2.05) is 85.3 Å². The van der Waals surface area contributed by atoms with Crippen molar-refractivity contribution in [2.75, 3.05) is 6.61 Å². The molecule has 0 saturated heterocycles. The average molecular weight is 499 g/mol. The van der Waals surface area contributed by atoms with Crippen LogP contribution in [0.3, 0.4) is 0 Å². The van der Waals surface area contributed by atoms with Crippen LogP contribution in [-0.4, -0.2) is 26.9 Å². The van der Waals surface area contributed by atoms with Crippen LogP contribution in [0.2, 0.25) is 0 Å². The molecule has 182 valence electrons. The van der Waals surface area contributed by atoms with Crippen LogP contribution in [0.4, 0.5) is 0 Å². The van der Waals surface area contributed by atoms with Crippen molar-refractivity contribution < 1.29 is 9.53 Å². The second kappa shape index (κ2) is 9.54. The van der Waals surface area contributed by atoms with Crippen molar-refractivity contribution in [1.29, 1.82) is 0 Å². The molecule has 0 aliphatic carbocycles. The molecular weight excluding hydrogens is 472 g/mol. The van der Waals surface area contributed by atoms with E-state index in [0.717, 1.165) is 28.2 Å². The molecule has 0 unspecified atom stereocenters. The van der Waals surface area contributed by atoms with Crippen molar-refractivity contribution in [1.82, 2.24) is 14.3 Å². The van der Waals surface area contributed by atoms with Crippen LogP contribution in [-0.2, 0) is 9.53 Å². The Labute approximate surface area is 212 Å². The zero-order chi connectivity index (χ0) is 25.4. The molecule has 0 saturated carbocycles. The van der Waals surface area contributed by atoms with Crippen molar-refractivity contribution in [3.8, 4) is 5.69 Å². The third-order valence-corrected chi connectivity index (χ3v) is 7.24. The minimum atomic E-state index is -0.613. The van der Waals surface area contributed by atoms with Gasteiger partial charge in [0.15, 0.2) is 4.80 Å². The lowest BCUT2D eigenvalue weighted by atomic mass is 9.96. The maximum Gasteiger partial charge on any atom is 0.338 e. The Balaban J connectivity index is 1.70. The molecule has 3 heterocycles. The van der Waals surface area contributed by atoms with Gasteiger partial charge in [-0.05, 0) is 51.5 Å². The molecule has 7 nitrogen and oxygen atoms in total. The number of aromatic nitrogens is 3. The average Bonchev–Trinajstić information content (AvgIpc) is 3.34. The lowest BCUT2D eigenvalue weighted by Crippen LogP contribution is -2.39. The number of rotatable bonds is 5. The summed E-state index contributed by atoms with van der Waals surface area (Å²) in [5.41, 5.74) is 5.17. The third-order valence-electron chi connectivity index (χ3n) is 6.26. The molecule has 0 spiro atoms. The standard InChI is InChI=1S/C28H26N4O3S/c1-5-35-27(34)24-18(3)29-28-31(25(24)20-12-8-6-9-13-20)26(33)23(36-28)16-22-17(2)30-32(19(22)4)21-14-10-7-11-15-21/h6-16,25H,5H2,1-4H3/b23-16+/t25-/m1/s1. The summed E-state index contributed by atoms with van der Waals surface area (Å²) in [6.07, 6.45) is 1.88. The lowest BCUT2D eigenvalue weighted by Gasteiger charge is -2.24. The molecule has 0 amide bonds. The minimum Gasteiger partial charge on any atom is -0.463 e. The number of nitrogens with zero attached hydrogens (tertiary/aromatic N) is 4. The number of ether oxygens (including phenoxy) is 1. The number of thiazole rings is 1. The number of carbonyl (C=O) groups is 1. The largest absolute Gasteiger partial charge is 0.463 e. The van der Waals surface area contributed by atoms with Gasteiger partial charge in [0, 0.05) is 11.3 Å². The topological polar surface area (TPSA) is 78.5 Å². The number of fused-ring (bicyclic) bond motifs is 1. The van der Waals surface area contributed by atoms with Gasteiger partial charge in [-0.3, -0.25) is 9.36 Å². The summed E-state index contributed by atoms with van der Waals surface area (Å²) in [4.78, 5) is 32.0. The van der Waals surface area contributed by atoms with Gasteiger partial charge >= 0.3 is 5.97 Å². The van der Waals surface area contributed by atoms with Gasteiger partial charge in [0.2, 0.25) is 0 Å². The predicted octanol–water partition coefficient (Wildman–Crippen LogP) is 3.60. The molecule has 0 N–H and O–H groups in total. The molecule has 0 radical (unpaired) electrons. The number of aryl methyl sites for hydroxylation is 1. The maximum absolute atomic E-state index is 13.8. The van der Waals surface area contributed by atoms with Crippen molar-refractivity contribution in [2.45, 2.75) is 33.7 Å². The second-order valence-corrected chi connectivity index (χ2v) is 9.55. The van der Waals surface area contributed by atoms with Crippen molar-refractivity contribution >= 4 is 23.4 Å². The van der Waals surface area contributed by atoms with E-state index in [1.54, 1.807) is 18.4 Å². The van der Waals surface area contributed by atoms with Crippen molar-refractivity contribution in [2.24, 2.45) is 4.99 Å². The molecule has 0 fully saturated rings. The number of hydrogen-bond acceptors (Lipinski definition) is 6. The molecule has 0 bridgehead atoms. The van der Waals surface area contributed by atoms with Gasteiger partial charge in [0.05, 0.1) is 39.8 Å². The van der Waals surface area contributed by atoms with Crippen LogP contribution in [0, 0.1) is 13.8 Å². The zero-order valence-corrected chi connectivity index (χ0v) is 21.4. The first-order chi connectivity index (χ1) is 17.4. The summed E-state index contributed by atoms with van der Waals surface area (Å²) < 4.78 is 9.37. The highest BCUT2D eigenvalue weighted by molar-refractivity contribution is 7.07. The number of hydrogen-bond donors (Lipinski definition) is 0. The zero-order valence-electron chi connectivity index (χ0n) is 20.6. The van der Waals surface area contributed by atoms with Crippen LogP contribution in [0.15, 0.2) is 81.7 Å². The van der Waals surface area contributed by atoms with E-state index in [1.165, 1.54) is 11.3 Å². The van der Waals surface area contributed by atoms with Crippen LogP contribution in [0.5, 0.6) is 0 Å². The fourth-order valence-electron chi connectivity index (χ4n) is 4.56. The van der Waals surface area contributed by atoms with Crippen LogP contribution in [0.25, 0.3) is 11.8 Å². The summed E-state index contributed by atoms with van der Waals surface area (Å²) in [5.74, 6) is -0.460. The van der Waals surface area contributed by atoms with E-state index in [0.29, 0.717) is 20.6 Å². The van der Waals surface area contributed by atoms with E-state index in [-0.39, 0.29) is 12.2 Å². The number of esters is 1. The smallest absolute Gasteiger partial charge is 0.338 e. The Morgan fingerprint density at radius 2 is 1.72 bits per heavy atom. The first-order valence-corrected chi connectivity index (χ1v) is 12.6. The van der Waals surface area contributed by atoms with Gasteiger partial charge in [-0.1, -0.05) is 59.9 Å². The Bertz CT molecular complexity index is 1660. The molecule has 4 aromatic rings. The summed E-state index contributed by atoms with van der Waals surface area (Å²) in [6, 6.07) is 18.8. The summed E-state index contributed by atoms with van der Waals surface area (Å²) in [6.45, 7) is 7.72. The molecule has 5 rings (SSSR count). The fourth-order valence-corrected chi connectivity index (χ4v) is 5.59. The number of allylic oxidation sites excluding steroid dienone is 1. The Kier molecular flexibility index (Phi) is 6.28. The molecule has 1 aliphatic rings. The first kappa shape index (κ1) is 23.7. The van der Waals surface area contributed by atoms with E-state index in [9.17, 15) is 9.59 Å². The Morgan fingerprint density at radius 1 is 1.06 bits per heavy atom. The summed E-state index contributed by atoms with van der Waals surface area (Å²) in [7, 11) is 0. The monoisotopic (exact) mass is 498 g/mol. The summed E-state index contributed by atoms with van der Waals surface area (Å²) in [5, 5.41) is 4.71. The van der Waals surface area contributed by atoms with E-state index < -0.39 is 12.0 Å². The fraction of sp³-hybridized carbons (Fsp3) is 0.214.